The number of carbonyl (C=O) groups excluding carboxylic acids is 1. The van der Waals surface area contributed by atoms with Crippen LogP contribution in [0, 0.1) is 0 Å². The van der Waals surface area contributed by atoms with E-state index in [1.54, 1.807) is 4.90 Å². The number of benzene rings is 2. The van der Waals surface area contributed by atoms with Crippen LogP contribution in [-0.4, -0.2) is 36.5 Å². The summed E-state index contributed by atoms with van der Waals surface area (Å²) in [5, 5.41) is -0.178. The van der Waals surface area contributed by atoms with Crippen molar-refractivity contribution in [3.05, 3.63) is 63.1 Å². The Balaban J connectivity index is 1.77. The van der Waals surface area contributed by atoms with Crippen LogP contribution in [0.5, 0.6) is 0 Å². The van der Waals surface area contributed by atoms with Crippen molar-refractivity contribution in [2.75, 3.05) is 24.5 Å². The van der Waals surface area contributed by atoms with E-state index in [4.69, 9.17) is 11.6 Å². The summed E-state index contributed by atoms with van der Waals surface area (Å²) in [7, 11) is 0. The molecule has 0 N–H and O–H groups in total. The first-order valence-electron chi connectivity index (χ1n) is 8.89. The first-order chi connectivity index (χ1) is 13.2. The van der Waals surface area contributed by atoms with Crippen LogP contribution in [0.3, 0.4) is 0 Å². The lowest BCUT2D eigenvalue weighted by Crippen LogP contribution is -2.54. The molecule has 3 rings (SSSR count). The van der Waals surface area contributed by atoms with Gasteiger partial charge in [-0.25, -0.2) is 0 Å². The smallest absolute Gasteiger partial charge is 0.365 e. The van der Waals surface area contributed by atoms with E-state index in [1.165, 1.54) is 0 Å². The topological polar surface area (TPSA) is 23.6 Å². The molecule has 2 aromatic rings. The predicted octanol–water partition coefficient (Wildman–Crippen LogP) is 5.86. The van der Waals surface area contributed by atoms with Crippen molar-refractivity contribution < 1.29 is 18.0 Å². The van der Waals surface area contributed by atoms with Crippen molar-refractivity contribution in [3.63, 3.8) is 0 Å². The molecule has 1 aliphatic rings. The first kappa shape index (κ1) is 21.0. The van der Waals surface area contributed by atoms with E-state index >= 15 is 0 Å². The van der Waals surface area contributed by atoms with Crippen LogP contribution in [0.2, 0.25) is 5.02 Å². The number of halogens is 5. The molecule has 0 aliphatic carbocycles. The lowest BCUT2D eigenvalue weighted by atomic mass is 10.1. The van der Waals surface area contributed by atoms with E-state index in [0.29, 0.717) is 19.6 Å². The van der Waals surface area contributed by atoms with E-state index in [9.17, 15) is 18.0 Å². The Morgan fingerprint density at radius 1 is 1.18 bits per heavy atom. The third-order valence-electron chi connectivity index (χ3n) is 4.93. The number of hydrogen-bond acceptors (Lipinski definition) is 2. The third-order valence-corrected chi connectivity index (χ3v) is 5.77. The van der Waals surface area contributed by atoms with Gasteiger partial charge >= 0.3 is 6.18 Å². The number of carbonyl (C=O) groups is 1. The van der Waals surface area contributed by atoms with Gasteiger partial charge in [-0.05, 0) is 48.9 Å². The van der Waals surface area contributed by atoms with Gasteiger partial charge in [-0.3, -0.25) is 4.79 Å². The highest BCUT2D eigenvalue weighted by Crippen LogP contribution is 2.33. The lowest BCUT2D eigenvalue weighted by molar-refractivity contribution is -0.137. The van der Waals surface area contributed by atoms with Gasteiger partial charge in [0.2, 0.25) is 0 Å². The Kier molecular flexibility index (Phi) is 6.25. The van der Waals surface area contributed by atoms with Crippen molar-refractivity contribution in [3.8, 4) is 0 Å². The van der Waals surface area contributed by atoms with Crippen LogP contribution in [0.15, 0.2) is 46.9 Å². The normalized spacial score (nSPS) is 17.7. The summed E-state index contributed by atoms with van der Waals surface area (Å²) in [6.07, 6.45) is -3.66. The fourth-order valence-corrected chi connectivity index (χ4v) is 3.92. The predicted molar refractivity (Wildman–Crippen MR) is 108 cm³/mol. The molecular weight excluding hydrogens is 457 g/mol. The minimum atomic E-state index is -4.49. The van der Waals surface area contributed by atoms with E-state index in [2.05, 4.69) is 27.8 Å². The summed E-state index contributed by atoms with van der Waals surface area (Å²) in [5.74, 6) is -0.340. The van der Waals surface area contributed by atoms with Crippen molar-refractivity contribution in [1.29, 1.82) is 0 Å². The second-order valence-electron chi connectivity index (χ2n) is 6.68. The Bertz CT molecular complexity index is 858. The number of amides is 1. The Hall–Kier alpha value is -1.73. The summed E-state index contributed by atoms with van der Waals surface area (Å²) < 4.78 is 39.5. The minimum absolute atomic E-state index is 0.0987. The summed E-state index contributed by atoms with van der Waals surface area (Å²) >= 11 is 9.42. The van der Waals surface area contributed by atoms with Crippen molar-refractivity contribution in [2.45, 2.75) is 25.6 Å². The SMILES string of the molecule is CC[C@@H]1CN(C(=O)c2ccc(C(F)(F)F)cc2Cl)CCN1c1ccc(Br)cc1. The maximum absolute atomic E-state index is 12.9. The average Bonchev–Trinajstić information content (AvgIpc) is 2.67. The zero-order valence-electron chi connectivity index (χ0n) is 15.1. The second kappa shape index (κ2) is 8.33. The summed E-state index contributed by atoms with van der Waals surface area (Å²) in [6.45, 7) is 3.66. The lowest BCUT2D eigenvalue weighted by Gasteiger charge is -2.42. The number of piperazine rings is 1. The monoisotopic (exact) mass is 474 g/mol. The molecule has 0 bridgehead atoms. The Labute approximate surface area is 175 Å². The van der Waals surface area contributed by atoms with Crippen LogP contribution in [0.1, 0.15) is 29.3 Å². The molecule has 1 atom stereocenters. The van der Waals surface area contributed by atoms with Crippen molar-refractivity contribution >= 4 is 39.1 Å². The van der Waals surface area contributed by atoms with Crippen LogP contribution in [0.4, 0.5) is 18.9 Å². The summed E-state index contributed by atoms with van der Waals surface area (Å²) in [4.78, 5) is 16.8. The van der Waals surface area contributed by atoms with Gasteiger partial charge in [-0.15, -0.1) is 0 Å². The van der Waals surface area contributed by atoms with E-state index < -0.39 is 11.7 Å². The van der Waals surface area contributed by atoms with E-state index in [0.717, 1.165) is 34.8 Å². The molecule has 1 amide bonds. The molecule has 2 aromatic carbocycles. The van der Waals surface area contributed by atoms with Crippen LogP contribution in [0.25, 0.3) is 0 Å². The largest absolute Gasteiger partial charge is 0.416 e. The number of nitrogens with zero attached hydrogens (tertiary/aromatic N) is 2. The fourth-order valence-electron chi connectivity index (χ4n) is 3.40. The second-order valence-corrected chi connectivity index (χ2v) is 8.00. The summed E-state index contributed by atoms with van der Waals surface area (Å²) in [5.41, 5.74) is 0.317. The highest BCUT2D eigenvalue weighted by Gasteiger charge is 2.33. The molecule has 1 heterocycles. The van der Waals surface area contributed by atoms with Gasteiger partial charge in [-0.1, -0.05) is 34.5 Å². The van der Waals surface area contributed by atoms with Crippen molar-refractivity contribution in [2.24, 2.45) is 0 Å². The molecule has 1 fully saturated rings. The average molecular weight is 476 g/mol. The number of alkyl halides is 3. The van der Waals surface area contributed by atoms with Gasteiger partial charge in [0.1, 0.15) is 0 Å². The Morgan fingerprint density at radius 2 is 1.86 bits per heavy atom. The van der Waals surface area contributed by atoms with Crippen LogP contribution in [-0.2, 0) is 6.18 Å². The van der Waals surface area contributed by atoms with Crippen LogP contribution >= 0.6 is 27.5 Å². The first-order valence-corrected chi connectivity index (χ1v) is 10.1. The molecule has 0 aromatic heterocycles. The van der Waals surface area contributed by atoms with Gasteiger partial charge in [0, 0.05) is 35.8 Å². The van der Waals surface area contributed by atoms with Crippen molar-refractivity contribution in [1.82, 2.24) is 4.90 Å². The molecule has 0 unspecified atom stereocenters. The molecule has 3 nitrogen and oxygen atoms in total. The van der Waals surface area contributed by atoms with Gasteiger partial charge < -0.3 is 9.80 Å². The minimum Gasteiger partial charge on any atom is -0.365 e. The van der Waals surface area contributed by atoms with Gasteiger partial charge in [0.05, 0.1) is 16.1 Å². The molecule has 8 heteroatoms. The molecular formula is C20H19BrClF3N2O. The molecule has 1 saturated heterocycles. The van der Waals surface area contributed by atoms with E-state index in [-0.39, 0.29) is 22.5 Å². The number of anilines is 1. The number of rotatable bonds is 3. The highest BCUT2D eigenvalue weighted by atomic mass is 79.9. The molecule has 28 heavy (non-hydrogen) atoms. The Morgan fingerprint density at radius 3 is 2.43 bits per heavy atom. The molecule has 0 saturated carbocycles. The number of hydrogen-bond donors (Lipinski definition) is 0. The third kappa shape index (κ3) is 4.46. The van der Waals surface area contributed by atoms with Gasteiger partial charge in [-0.2, -0.15) is 13.2 Å². The van der Waals surface area contributed by atoms with Gasteiger partial charge in [0.15, 0.2) is 0 Å². The van der Waals surface area contributed by atoms with Gasteiger partial charge in [0.25, 0.3) is 5.91 Å². The maximum atomic E-state index is 12.9. The molecule has 0 spiro atoms. The standard InChI is InChI=1S/C20H19BrClF3N2O/c1-2-15-12-26(9-10-27(15)16-6-4-14(21)5-7-16)19(28)17-8-3-13(11-18(17)22)20(23,24)25/h3-8,11,15H,2,9-10,12H2,1H3/t15-/m1/s1. The maximum Gasteiger partial charge on any atom is 0.416 e. The molecule has 150 valence electrons. The quantitative estimate of drug-likeness (QED) is 0.555. The fraction of sp³-hybridized carbons (Fsp3) is 0.350. The van der Waals surface area contributed by atoms with E-state index in [1.807, 2.05) is 24.3 Å². The zero-order chi connectivity index (χ0) is 20.5. The summed E-state index contributed by atoms with van der Waals surface area (Å²) in [6, 6.07) is 11.0. The highest BCUT2D eigenvalue weighted by molar-refractivity contribution is 9.10. The molecule has 1 aliphatic heterocycles. The zero-order valence-corrected chi connectivity index (χ0v) is 17.5. The van der Waals surface area contributed by atoms with Crippen LogP contribution < -0.4 is 4.90 Å². The molecule has 0 radical (unpaired) electrons.